The van der Waals surface area contributed by atoms with Crippen LogP contribution in [0.2, 0.25) is 0 Å². The minimum atomic E-state index is -0.765. The summed E-state index contributed by atoms with van der Waals surface area (Å²) in [6, 6.07) is 7.45. The van der Waals surface area contributed by atoms with Crippen LogP contribution < -0.4 is 10.6 Å². The molecule has 2 N–H and O–H groups in total. The molecule has 0 spiro atoms. The first-order chi connectivity index (χ1) is 8.99. The van der Waals surface area contributed by atoms with Gasteiger partial charge >= 0.3 is 0 Å². The van der Waals surface area contributed by atoms with Crippen LogP contribution in [-0.4, -0.2) is 34.7 Å². The summed E-state index contributed by atoms with van der Waals surface area (Å²) in [5.41, 5.74) is 1.97. The molecule has 1 aromatic rings. The maximum absolute atomic E-state index is 11.9. The Bertz CT molecular complexity index is 432. The molecule has 19 heavy (non-hydrogen) atoms. The number of carbonyl (C=O) groups excluding carboxylic acids is 1. The molecular formula is C14H22N2O2S. The molecule has 106 valence electrons. The molecule has 2 atom stereocenters. The van der Waals surface area contributed by atoms with E-state index in [9.17, 15) is 9.00 Å². The molecule has 1 amide bonds. The lowest BCUT2D eigenvalue weighted by molar-refractivity contribution is -0.117. The van der Waals surface area contributed by atoms with Gasteiger partial charge in [0.2, 0.25) is 5.91 Å². The van der Waals surface area contributed by atoms with Gasteiger partial charge in [-0.15, -0.1) is 0 Å². The van der Waals surface area contributed by atoms with Gasteiger partial charge in [-0.05, 0) is 38.9 Å². The highest BCUT2D eigenvalue weighted by Gasteiger charge is 2.11. The van der Waals surface area contributed by atoms with Gasteiger partial charge in [0, 0.05) is 28.5 Å². The molecule has 0 aliphatic heterocycles. The van der Waals surface area contributed by atoms with Crippen molar-refractivity contribution in [1.82, 2.24) is 5.32 Å². The van der Waals surface area contributed by atoms with Crippen LogP contribution >= 0.6 is 0 Å². The van der Waals surface area contributed by atoms with Gasteiger partial charge < -0.3 is 10.6 Å². The summed E-state index contributed by atoms with van der Waals surface area (Å²) in [7, 11) is -0.765. The maximum atomic E-state index is 11.9. The number of benzene rings is 1. The summed E-state index contributed by atoms with van der Waals surface area (Å²) in [5, 5.41) is 5.98. The zero-order valence-corrected chi connectivity index (χ0v) is 12.5. The van der Waals surface area contributed by atoms with Gasteiger partial charge in [-0.25, -0.2) is 0 Å². The van der Waals surface area contributed by atoms with Gasteiger partial charge in [0.1, 0.15) is 0 Å². The van der Waals surface area contributed by atoms with E-state index >= 15 is 0 Å². The highest BCUT2D eigenvalue weighted by Crippen LogP contribution is 2.08. The highest BCUT2D eigenvalue weighted by molar-refractivity contribution is 7.84. The third-order valence-electron chi connectivity index (χ3n) is 2.77. The van der Waals surface area contributed by atoms with Gasteiger partial charge in [-0.3, -0.25) is 9.00 Å². The Balaban J connectivity index is 2.32. The van der Waals surface area contributed by atoms with Crippen molar-refractivity contribution in [3.05, 3.63) is 29.8 Å². The van der Waals surface area contributed by atoms with Crippen molar-refractivity contribution in [3.8, 4) is 0 Å². The van der Waals surface area contributed by atoms with E-state index in [0.717, 1.165) is 17.7 Å². The molecular weight excluding hydrogens is 260 g/mol. The standard InChI is InChI=1S/C14H22N2O2S/c1-11-5-7-13(8-6-11)16-14(17)12(2)15-9-4-10-19(3)18/h5-8,12,15H,4,9-10H2,1-3H3,(H,16,17). The van der Waals surface area contributed by atoms with E-state index in [-0.39, 0.29) is 11.9 Å². The minimum Gasteiger partial charge on any atom is -0.325 e. The fraction of sp³-hybridized carbons (Fsp3) is 0.500. The molecule has 0 fully saturated rings. The Morgan fingerprint density at radius 1 is 1.32 bits per heavy atom. The molecule has 0 saturated carbocycles. The van der Waals surface area contributed by atoms with E-state index in [2.05, 4.69) is 10.6 Å². The van der Waals surface area contributed by atoms with E-state index < -0.39 is 10.8 Å². The Morgan fingerprint density at radius 2 is 1.95 bits per heavy atom. The first-order valence-electron chi connectivity index (χ1n) is 6.40. The van der Waals surface area contributed by atoms with Crippen molar-refractivity contribution in [3.63, 3.8) is 0 Å². The third kappa shape index (κ3) is 6.50. The van der Waals surface area contributed by atoms with E-state index in [4.69, 9.17) is 0 Å². The summed E-state index contributed by atoms with van der Waals surface area (Å²) < 4.78 is 10.9. The molecule has 4 nitrogen and oxygen atoms in total. The van der Waals surface area contributed by atoms with E-state index in [1.54, 1.807) is 6.26 Å². The largest absolute Gasteiger partial charge is 0.325 e. The molecule has 0 aliphatic carbocycles. The number of carbonyl (C=O) groups is 1. The van der Waals surface area contributed by atoms with Gasteiger partial charge in [0.15, 0.2) is 0 Å². The number of aryl methyl sites for hydroxylation is 1. The van der Waals surface area contributed by atoms with Crippen molar-refractivity contribution in [2.24, 2.45) is 0 Å². The predicted octanol–water partition coefficient (Wildman–Crippen LogP) is 1.68. The fourth-order valence-electron chi connectivity index (χ4n) is 1.57. The van der Waals surface area contributed by atoms with Crippen LogP contribution in [0.4, 0.5) is 5.69 Å². The fourth-order valence-corrected chi connectivity index (χ4v) is 2.12. The number of anilines is 1. The summed E-state index contributed by atoms with van der Waals surface area (Å²) in [4.78, 5) is 11.9. The van der Waals surface area contributed by atoms with Crippen LogP contribution in [0, 0.1) is 6.92 Å². The van der Waals surface area contributed by atoms with Crippen LogP contribution in [0.25, 0.3) is 0 Å². The first kappa shape index (κ1) is 15.9. The summed E-state index contributed by atoms with van der Waals surface area (Å²) in [6.45, 7) is 4.53. The Kier molecular flexibility index (Phi) is 6.73. The molecule has 0 aliphatic rings. The molecule has 0 heterocycles. The number of hydrogen-bond acceptors (Lipinski definition) is 3. The van der Waals surface area contributed by atoms with Crippen molar-refractivity contribution < 1.29 is 9.00 Å². The van der Waals surface area contributed by atoms with Gasteiger partial charge in [0.05, 0.1) is 6.04 Å². The van der Waals surface area contributed by atoms with Gasteiger partial charge in [0.25, 0.3) is 0 Å². The summed E-state index contributed by atoms with van der Waals surface area (Å²) >= 11 is 0. The highest BCUT2D eigenvalue weighted by atomic mass is 32.2. The van der Waals surface area contributed by atoms with Crippen LogP contribution in [0.3, 0.4) is 0 Å². The number of nitrogens with one attached hydrogen (secondary N) is 2. The van der Waals surface area contributed by atoms with Crippen LogP contribution in [0.1, 0.15) is 18.9 Å². The molecule has 0 bridgehead atoms. The van der Waals surface area contributed by atoms with Crippen molar-refractivity contribution in [1.29, 1.82) is 0 Å². The first-order valence-corrected chi connectivity index (χ1v) is 8.12. The molecule has 0 aromatic heterocycles. The maximum Gasteiger partial charge on any atom is 0.241 e. The van der Waals surface area contributed by atoms with Gasteiger partial charge in [-0.2, -0.15) is 0 Å². The topological polar surface area (TPSA) is 58.2 Å². The molecule has 5 heteroatoms. The molecule has 0 radical (unpaired) electrons. The molecule has 1 rings (SSSR count). The van der Waals surface area contributed by atoms with Gasteiger partial charge in [-0.1, -0.05) is 17.7 Å². The molecule has 1 aromatic carbocycles. The van der Waals surface area contributed by atoms with Crippen LogP contribution in [0.5, 0.6) is 0 Å². The van der Waals surface area contributed by atoms with Crippen molar-refractivity contribution in [2.75, 3.05) is 23.9 Å². The predicted molar refractivity (Wildman–Crippen MR) is 80.8 cm³/mol. The second-order valence-electron chi connectivity index (χ2n) is 4.66. The normalized spacial score (nSPS) is 13.8. The number of amides is 1. The number of rotatable bonds is 7. The second-order valence-corrected chi connectivity index (χ2v) is 6.22. The molecule has 2 unspecified atom stereocenters. The lowest BCUT2D eigenvalue weighted by Crippen LogP contribution is -2.38. The Hall–Kier alpha value is -1.20. The summed E-state index contributed by atoms with van der Waals surface area (Å²) in [5.74, 6) is 0.612. The van der Waals surface area contributed by atoms with Crippen LogP contribution in [0.15, 0.2) is 24.3 Å². The van der Waals surface area contributed by atoms with E-state index in [0.29, 0.717) is 12.3 Å². The van der Waals surface area contributed by atoms with Crippen molar-refractivity contribution >= 4 is 22.4 Å². The lowest BCUT2D eigenvalue weighted by Gasteiger charge is -2.14. The number of hydrogen-bond donors (Lipinski definition) is 2. The SMILES string of the molecule is Cc1ccc(NC(=O)C(C)NCCCS(C)=O)cc1. The third-order valence-corrected chi connectivity index (χ3v) is 3.64. The smallest absolute Gasteiger partial charge is 0.241 e. The quantitative estimate of drug-likeness (QED) is 0.748. The molecule has 0 saturated heterocycles. The monoisotopic (exact) mass is 282 g/mol. The Labute approximate surface area is 117 Å². The van der Waals surface area contributed by atoms with E-state index in [1.165, 1.54) is 0 Å². The minimum absolute atomic E-state index is 0.0542. The lowest BCUT2D eigenvalue weighted by atomic mass is 10.2. The van der Waals surface area contributed by atoms with E-state index in [1.807, 2.05) is 38.1 Å². The summed E-state index contributed by atoms with van der Waals surface area (Å²) in [6.07, 6.45) is 2.50. The Morgan fingerprint density at radius 3 is 2.53 bits per heavy atom. The second kappa shape index (κ2) is 8.07. The zero-order chi connectivity index (χ0) is 14.3. The zero-order valence-electron chi connectivity index (χ0n) is 11.7. The average molecular weight is 282 g/mol. The van der Waals surface area contributed by atoms with Crippen LogP contribution in [-0.2, 0) is 15.6 Å². The average Bonchev–Trinajstić information content (AvgIpc) is 2.36. The van der Waals surface area contributed by atoms with Crippen molar-refractivity contribution in [2.45, 2.75) is 26.3 Å².